The molecule has 0 fully saturated rings. The number of nitrogens with one attached hydrogen (secondary N) is 5. The van der Waals surface area contributed by atoms with Crippen LogP contribution in [0.5, 0.6) is 0 Å². The number of hydrogen-bond acceptors (Lipinski definition) is 8. The molecule has 0 aliphatic heterocycles. The number of likely N-dealkylation sites (N-methyl/N-ethyl adjacent to an activating group) is 1. The molecule has 2 aromatic carbocycles. The van der Waals surface area contributed by atoms with E-state index in [2.05, 4.69) is 31.6 Å². The second-order valence-corrected chi connectivity index (χ2v) is 14.8. The van der Waals surface area contributed by atoms with Gasteiger partial charge in [0, 0.05) is 49.7 Å². The maximum atomic E-state index is 13.8. The summed E-state index contributed by atoms with van der Waals surface area (Å²) in [6.07, 6.45) is 4.60. The molecule has 15 heteroatoms. The van der Waals surface area contributed by atoms with Crippen LogP contribution in [0.1, 0.15) is 72.5 Å². The Bertz CT molecular complexity index is 1770. The van der Waals surface area contributed by atoms with E-state index >= 15 is 0 Å². The number of halogens is 1. The molecule has 1 aromatic heterocycles. The van der Waals surface area contributed by atoms with Crippen molar-refractivity contribution < 1.29 is 32.0 Å². The number of aromatic nitrogens is 1. The van der Waals surface area contributed by atoms with E-state index in [9.17, 15) is 32.0 Å². The highest BCUT2D eigenvalue weighted by atomic mass is 32.2. The Balaban J connectivity index is 1.87. The van der Waals surface area contributed by atoms with Crippen molar-refractivity contribution in [2.24, 2.45) is 5.92 Å². The van der Waals surface area contributed by atoms with Gasteiger partial charge < -0.3 is 26.6 Å². The highest BCUT2D eigenvalue weighted by Crippen LogP contribution is 2.22. The van der Waals surface area contributed by atoms with Crippen LogP contribution in [0, 0.1) is 11.7 Å². The topological polar surface area (TPSA) is 179 Å². The SMILES string of the molecule is CCNC(=O)[C@@H](NC(=O)[C@H](C)NC[C@H](Cc1cccnc1)NC(=O)c1cc(C(=O)N[C@H](C)c2ccc(F)cc2)cc(N(C)S(C)(=O)=O)c1)C(C)C. The highest BCUT2D eigenvalue weighted by Gasteiger charge is 2.27. The Hall–Kier alpha value is -4.89. The van der Waals surface area contributed by atoms with Crippen molar-refractivity contribution in [2.75, 3.05) is 30.7 Å². The number of carbonyl (C=O) groups excluding carboxylic acids is 4. The van der Waals surface area contributed by atoms with E-state index in [1.54, 1.807) is 51.4 Å². The number of amides is 4. The van der Waals surface area contributed by atoms with Gasteiger partial charge in [0.2, 0.25) is 21.8 Å². The predicted octanol–water partition coefficient (Wildman–Crippen LogP) is 2.70. The molecule has 51 heavy (non-hydrogen) atoms. The zero-order valence-corrected chi connectivity index (χ0v) is 30.8. The summed E-state index contributed by atoms with van der Waals surface area (Å²) < 4.78 is 39.4. The molecular formula is C36H48FN7O6S. The van der Waals surface area contributed by atoms with Gasteiger partial charge in [-0.3, -0.25) is 28.5 Å². The molecule has 5 N–H and O–H groups in total. The molecule has 0 saturated heterocycles. The Morgan fingerprint density at radius 1 is 0.882 bits per heavy atom. The molecule has 0 unspecified atom stereocenters. The summed E-state index contributed by atoms with van der Waals surface area (Å²) in [5.74, 6) is -2.42. The summed E-state index contributed by atoms with van der Waals surface area (Å²) in [5.41, 5.74) is 1.58. The summed E-state index contributed by atoms with van der Waals surface area (Å²) in [6, 6.07) is 10.8. The molecule has 0 aliphatic carbocycles. The zero-order valence-electron chi connectivity index (χ0n) is 30.0. The lowest BCUT2D eigenvalue weighted by Gasteiger charge is -2.25. The smallest absolute Gasteiger partial charge is 0.251 e. The maximum Gasteiger partial charge on any atom is 0.251 e. The van der Waals surface area contributed by atoms with Gasteiger partial charge in [-0.25, -0.2) is 12.8 Å². The van der Waals surface area contributed by atoms with Crippen LogP contribution in [-0.2, 0) is 26.0 Å². The lowest BCUT2D eigenvalue weighted by Crippen LogP contribution is -2.55. The van der Waals surface area contributed by atoms with E-state index in [4.69, 9.17) is 0 Å². The molecule has 3 rings (SSSR count). The van der Waals surface area contributed by atoms with Crippen LogP contribution >= 0.6 is 0 Å². The Morgan fingerprint density at radius 2 is 1.51 bits per heavy atom. The first-order valence-corrected chi connectivity index (χ1v) is 18.5. The van der Waals surface area contributed by atoms with Gasteiger partial charge in [-0.2, -0.15) is 0 Å². The lowest BCUT2D eigenvalue weighted by molar-refractivity contribution is -0.130. The first kappa shape index (κ1) is 40.5. The van der Waals surface area contributed by atoms with Gasteiger partial charge in [0.15, 0.2) is 0 Å². The monoisotopic (exact) mass is 725 g/mol. The second kappa shape index (κ2) is 18.4. The van der Waals surface area contributed by atoms with Crippen molar-refractivity contribution in [3.05, 3.63) is 95.1 Å². The summed E-state index contributed by atoms with van der Waals surface area (Å²) in [5, 5.41) is 14.4. The van der Waals surface area contributed by atoms with Crippen molar-refractivity contribution in [3.8, 4) is 0 Å². The summed E-state index contributed by atoms with van der Waals surface area (Å²) >= 11 is 0. The van der Waals surface area contributed by atoms with Crippen LogP contribution in [0.2, 0.25) is 0 Å². The Labute approximate surface area is 299 Å². The summed E-state index contributed by atoms with van der Waals surface area (Å²) in [6.45, 7) is 9.39. The predicted molar refractivity (Wildman–Crippen MR) is 194 cm³/mol. The van der Waals surface area contributed by atoms with Gasteiger partial charge in [-0.05, 0) is 80.6 Å². The molecule has 276 valence electrons. The van der Waals surface area contributed by atoms with Crippen molar-refractivity contribution >= 4 is 39.3 Å². The van der Waals surface area contributed by atoms with Crippen molar-refractivity contribution in [1.82, 2.24) is 31.6 Å². The number of carbonyl (C=O) groups is 4. The number of hydrogen-bond donors (Lipinski definition) is 5. The molecule has 3 aromatic rings. The van der Waals surface area contributed by atoms with Crippen LogP contribution in [0.25, 0.3) is 0 Å². The quantitative estimate of drug-likeness (QED) is 0.141. The van der Waals surface area contributed by atoms with Crippen LogP contribution in [0.4, 0.5) is 10.1 Å². The minimum absolute atomic E-state index is 0.0197. The molecule has 1 heterocycles. The number of nitrogens with zero attached hydrogens (tertiary/aromatic N) is 2. The lowest BCUT2D eigenvalue weighted by atomic mass is 10.0. The van der Waals surface area contributed by atoms with Gasteiger partial charge >= 0.3 is 0 Å². The molecule has 0 radical (unpaired) electrons. The van der Waals surface area contributed by atoms with Crippen LogP contribution in [0.15, 0.2) is 67.0 Å². The Kier molecular flexibility index (Phi) is 14.6. The van der Waals surface area contributed by atoms with E-state index in [0.717, 1.165) is 16.1 Å². The van der Waals surface area contributed by atoms with Crippen molar-refractivity contribution in [3.63, 3.8) is 0 Å². The van der Waals surface area contributed by atoms with E-state index in [-0.39, 0.29) is 35.2 Å². The number of anilines is 1. The number of sulfonamides is 1. The second-order valence-electron chi connectivity index (χ2n) is 12.7. The normalized spacial score (nSPS) is 13.7. The average Bonchev–Trinajstić information content (AvgIpc) is 3.08. The first-order valence-electron chi connectivity index (χ1n) is 16.7. The minimum Gasteiger partial charge on any atom is -0.355 e. The molecule has 4 amide bonds. The minimum atomic E-state index is -3.77. The van der Waals surface area contributed by atoms with E-state index in [0.29, 0.717) is 18.5 Å². The van der Waals surface area contributed by atoms with Crippen LogP contribution in [-0.4, -0.2) is 81.5 Å². The Morgan fingerprint density at radius 3 is 2.06 bits per heavy atom. The molecular weight excluding hydrogens is 678 g/mol. The highest BCUT2D eigenvalue weighted by molar-refractivity contribution is 7.92. The fourth-order valence-corrected chi connectivity index (χ4v) is 5.61. The van der Waals surface area contributed by atoms with Gasteiger partial charge in [-0.15, -0.1) is 0 Å². The average molecular weight is 726 g/mol. The largest absolute Gasteiger partial charge is 0.355 e. The number of benzene rings is 2. The van der Waals surface area contributed by atoms with Crippen LogP contribution in [0.3, 0.4) is 0 Å². The zero-order chi connectivity index (χ0) is 37.9. The standard InChI is InChI=1S/C36H48FN7O6S/c1-8-39-36(48)32(22(2)3)43-33(45)24(5)40-21-30(16-25-10-9-15-38-20-25)42-35(47)28-17-27(18-31(19-28)44(6)51(7,49)50)34(46)41-23(4)26-11-13-29(37)14-12-26/h9-15,17-20,22-24,30,32,40H,8,16,21H2,1-7H3,(H,39,48)(H,41,46)(H,42,47)(H,43,45)/t23-,24+,30+,32+/m1/s1. The van der Waals surface area contributed by atoms with Crippen molar-refractivity contribution in [1.29, 1.82) is 0 Å². The molecule has 4 atom stereocenters. The molecule has 0 aliphatic rings. The molecule has 0 bridgehead atoms. The van der Waals surface area contributed by atoms with Gasteiger partial charge in [0.25, 0.3) is 11.8 Å². The molecule has 0 saturated carbocycles. The van der Waals surface area contributed by atoms with Gasteiger partial charge in [-0.1, -0.05) is 32.0 Å². The third-order valence-electron chi connectivity index (χ3n) is 8.22. The fraction of sp³-hybridized carbons (Fsp3) is 0.417. The van der Waals surface area contributed by atoms with E-state index in [1.165, 1.54) is 37.4 Å². The third kappa shape index (κ3) is 12.1. The summed E-state index contributed by atoms with van der Waals surface area (Å²) in [7, 11) is -2.46. The first-order chi connectivity index (χ1) is 24.0. The van der Waals surface area contributed by atoms with E-state index < -0.39 is 57.7 Å². The number of pyridine rings is 1. The van der Waals surface area contributed by atoms with Crippen molar-refractivity contribution in [2.45, 2.75) is 65.2 Å². The van der Waals surface area contributed by atoms with Gasteiger partial charge in [0.05, 0.1) is 24.0 Å². The number of rotatable bonds is 17. The fourth-order valence-electron chi connectivity index (χ4n) is 5.12. The third-order valence-corrected chi connectivity index (χ3v) is 9.43. The molecule has 0 spiro atoms. The van der Waals surface area contributed by atoms with Crippen LogP contribution < -0.4 is 30.9 Å². The summed E-state index contributed by atoms with van der Waals surface area (Å²) in [4.78, 5) is 57.0. The molecule has 13 nitrogen and oxygen atoms in total. The maximum absolute atomic E-state index is 13.8. The van der Waals surface area contributed by atoms with E-state index in [1.807, 2.05) is 19.9 Å². The van der Waals surface area contributed by atoms with Gasteiger partial charge in [0.1, 0.15) is 11.9 Å².